The van der Waals surface area contributed by atoms with Gasteiger partial charge in [0, 0.05) is 17.3 Å². The monoisotopic (exact) mass is 420 g/mol. The molecule has 1 aliphatic heterocycles. The third-order valence-corrected chi connectivity index (χ3v) is 5.90. The van der Waals surface area contributed by atoms with Crippen molar-refractivity contribution in [3.8, 4) is 34.0 Å². The molecular formula is C22H24N6O3. The van der Waals surface area contributed by atoms with Gasteiger partial charge in [-0.25, -0.2) is 4.79 Å². The van der Waals surface area contributed by atoms with Crippen molar-refractivity contribution in [3.05, 3.63) is 36.4 Å². The highest BCUT2D eigenvalue weighted by Crippen LogP contribution is 2.39. The minimum absolute atomic E-state index is 0.200. The van der Waals surface area contributed by atoms with Crippen molar-refractivity contribution in [1.82, 2.24) is 25.9 Å². The molecule has 9 heteroatoms. The van der Waals surface area contributed by atoms with E-state index in [0.717, 1.165) is 54.0 Å². The largest absolute Gasteiger partial charge is 0.454 e. The summed E-state index contributed by atoms with van der Waals surface area (Å²) in [4.78, 5) is 12.5. The standard InChI is InChI=1S/C22H24N6O3/c1-13-2-5-15(6-3-13)23-22(29)24-16-7-8-17(18(11-16)21-25-27-28-26-21)14-4-9-19-20(10-14)31-12-30-19/h4,7-11,13,15H,2-3,5-6,12H2,1H3,(H2,23,24,29)(H,25,26,27,28)/t13-,15-. The van der Waals surface area contributed by atoms with Crippen molar-refractivity contribution in [2.24, 2.45) is 5.92 Å². The maximum Gasteiger partial charge on any atom is 0.319 e. The van der Waals surface area contributed by atoms with Gasteiger partial charge in [-0.05, 0) is 72.2 Å². The van der Waals surface area contributed by atoms with Crippen LogP contribution in [0.5, 0.6) is 11.5 Å². The van der Waals surface area contributed by atoms with Gasteiger partial charge in [-0.15, -0.1) is 10.2 Å². The Balaban J connectivity index is 1.39. The molecule has 0 radical (unpaired) electrons. The van der Waals surface area contributed by atoms with E-state index in [1.165, 1.54) is 0 Å². The molecule has 31 heavy (non-hydrogen) atoms. The maximum absolute atomic E-state index is 12.5. The Morgan fingerprint density at radius 3 is 2.68 bits per heavy atom. The number of fused-ring (bicyclic) bond motifs is 1. The molecule has 2 aliphatic rings. The van der Waals surface area contributed by atoms with E-state index in [4.69, 9.17) is 9.47 Å². The summed E-state index contributed by atoms with van der Waals surface area (Å²) < 4.78 is 10.9. The number of urea groups is 1. The first-order chi connectivity index (χ1) is 15.2. The van der Waals surface area contributed by atoms with Crippen molar-refractivity contribution in [2.75, 3.05) is 12.1 Å². The highest BCUT2D eigenvalue weighted by molar-refractivity contribution is 5.92. The second-order valence-corrected chi connectivity index (χ2v) is 8.12. The van der Waals surface area contributed by atoms with Gasteiger partial charge in [0.15, 0.2) is 11.5 Å². The van der Waals surface area contributed by atoms with E-state index in [1.807, 2.05) is 36.4 Å². The lowest BCUT2D eigenvalue weighted by Gasteiger charge is -2.27. The Hall–Kier alpha value is -3.62. The minimum atomic E-state index is -0.200. The SMILES string of the molecule is C[C@H]1CC[C@H](NC(=O)Nc2ccc(-c3ccc4c(c3)OCO4)c(-c3nn[nH]n3)c2)CC1. The quantitative estimate of drug-likeness (QED) is 0.589. The number of carbonyl (C=O) groups is 1. The molecule has 1 aromatic heterocycles. The number of hydrogen-bond acceptors (Lipinski definition) is 6. The molecule has 2 heterocycles. The molecular weight excluding hydrogens is 396 g/mol. The highest BCUT2D eigenvalue weighted by Gasteiger charge is 2.21. The number of hydrogen-bond donors (Lipinski definition) is 3. The second-order valence-electron chi connectivity index (χ2n) is 8.12. The molecule has 0 spiro atoms. The first kappa shape index (κ1) is 19.3. The molecule has 1 saturated carbocycles. The van der Waals surface area contributed by atoms with Crippen molar-refractivity contribution in [3.63, 3.8) is 0 Å². The predicted octanol–water partition coefficient (Wildman–Crippen LogP) is 3.96. The first-order valence-corrected chi connectivity index (χ1v) is 10.5. The number of tetrazole rings is 1. The Morgan fingerprint density at radius 2 is 1.87 bits per heavy atom. The molecule has 0 bridgehead atoms. The van der Waals surface area contributed by atoms with Crippen LogP contribution in [0.2, 0.25) is 0 Å². The van der Waals surface area contributed by atoms with Crippen LogP contribution in [0.15, 0.2) is 36.4 Å². The average Bonchev–Trinajstić information content (AvgIpc) is 3.47. The van der Waals surface area contributed by atoms with Gasteiger partial charge in [0.25, 0.3) is 0 Å². The molecule has 1 aliphatic carbocycles. The third kappa shape index (κ3) is 4.16. The van der Waals surface area contributed by atoms with E-state index in [-0.39, 0.29) is 18.9 Å². The Bertz CT molecular complexity index is 1080. The molecule has 0 unspecified atom stereocenters. The average molecular weight is 420 g/mol. The summed E-state index contributed by atoms with van der Waals surface area (Å²) in [6.45, 7) is 2.48. The summed E-state index contributed by atoms with van der Waals surface area (Å²) in [6, 6.07) is 11.4. The van der Waals surface area contributed by atoms with Crippen LogP contribution in [0, 0.1) is 5.92 Å². The van der Waals surface area contributed by atoms with Crippen LogP contribution in [0.4, 0.5) is 10.5 Å². The molecule has 3 N–H and O–H groups in total. The fourth-order valence-electron chi connectivity index (χ4n) is 4.16. The zero-order valence-electron chi connectivity index (χ0n) is 17.2. The molecule has 5 rings (SSSR count). The number of amides is 2. The van der Waals surface area contributed by atoms with Gasteiger partial charge in [0.1, 0.15) is 0 Å². The lowest BCUT2D eigenvalue weighted by Crippen LogP contribution is -2.39. The van der Waals surface area contributed by atoms with Gasteiger partial charge >= 0.3 is 6.03 Å². The van der Waals surface area contributed by atoms with Crippen LogP contribution < -0.4 is 20.1 Å². The number of benzene rings is 2. The Morgan fingerprint density at radius 1 is 1.03 bits per heavy atom. The van der Waals surface area contributed by atoms with E-state index in [0.29, 0.717) is 17.3 Å². The maximum atomic E-state index is 12.5. The lowest BCUT2D eigenvalue weighted by atomic mass is 9.87. The summed E-state index contributed by atoms with van der Waals surface area (Å²) in [7, 11) is 0. The Kier molecular flexibility index (Phi) is 5.15. The van der Waals surface area contributed by atoms with Crippen LogP contribution in [0.25, 0.3) is 22.5 Å². The zero-order chi connectivity index (χ0) is 21.2. The molecule has 2 amide bonds. The number of nitrogens with zero attached hydrogens (tertiary/aromatic N) is 3. The number of aromatic amines is 1. The van der Waals surface area contributed by atoms with Gasteiger partial charge < -0.3 is 20.1 Å². The summed E-state index contributed by atoms with van der Waals surface area (Å²) in [5.74, 6) is 2.59. The normalized spacial score (nSPS) is 19.8. The first-order valence-electron chi connectivity index (χ1n) is 10.5. The number of anilines is 1. The number of aromatic nitrogens is 4. The third-order valence-electron chi connectivity index (χ3n) is 5.90. The van der Waals surface area contributed by atoms with Crippen molar-refractivity contribution >= 4 is 11.7 Å². The van der Waals surface area contributed by atoms with Gasteiger partial charge in [0.2, 0.25) is 12.6 Å². The van der Waals surface area contributed by atoms with Gasteiger partial charge in [-0.3, -0.25) is 0 Å². The molecule has 0 atom stereocenters. The molecule has 2 aromatic carbocycles. The highest BCUT2D eigenvalue weighted by atomic mass is 16.7. The predicted molar refractivity (Wildman–Crippen MR) is 115 cm³/mol. The lowest BCUT2D eigenvalue weighted by molar-refractivity contribution is 0.174. The number of nitrogens with one attached hydrogen (secondary N) is 3. The number of rotatable bonds is 4. The molecule has 9 nitrogen and oxygen atoms in total. The molecule has 3 aromatic rings. The zero-order valence-corrected chi connectivity index (χ0v) is 17.2. The molecule has 0 saturated heterocycles. The van der Waals surface area contributed by atoms with Crippen molar-refractivity contribution in [2.45, 2.75) is 38.6 Å². The van der Waals surface area contributed by atoms with Crippen LogP contribution in [0.1, 0.15) is 32.6 Å². The van der Waals surface area contributed by atoms with E-state index in [9.17, 15) is 4.79 Å². The van der Waals surface area contributed by atoms with E-state index in [1.54, 1.807) is 0 Å². The summed E-state index contributed by atoms with van der Waals surface area (Å²) >= 11 is 0. The summed E-state index contributed by atoms with van der Waals surface area (Å²) in [5, 5.41) is 20.5. The van der Waals surface area contributed by atoms with E-state index < -0.39 is 0 Å². The van der Waals surface area contributed by atoms with Crippen molar-refractivity contribution < 1.29 is 14.3 Å². The fraction of sp³-hybridized carbons (Fsp3) is 0.364. The smallest absolute Gasteiger partial charge is 0.319 e. The Labute approximate surface area is 179 Å². The molecule has 1 fully saturated rings. The van der Waals surface area contributed by atoms with Crippen LogP contribution in [-0.4, -0.2) is 39.5 Å². The van der Waals surface area contributed by atoms with Crippen LogP contribution in [0.3, 0.4) is 0 Å². The van der Waals surface area contributed by atoms with Gasteiger partial charge in [0.05, 0.1) is 0 Å². The van der Waals surface area contributed by atoms with E-state index >= 15 is 0 Å². The van der Waals surface area contributed by atoms with Crippen LogP contribution >= 0.6 is 0 Å². The van der Waals surface area contributed by atoms with Gasteiger partial charge in [-0.2, -0.15) is 5.21 Å². The van der Waals surface area contributed by atoms with Gasteiger partial charge in [-0.1, -0.05) is 19.1 Å². The van der Waals surface area contributed by atoms with Crippen molar-refractivity contribution in [1.29, 1.82) is 0 Å². The molecule has 160 valence electrons. The van der Waals surface area contributed by atoms with E-state index in [2.05, 4.69) is 38.2 Å². The summed E-state index contributed by atoms with van der Waals surface area (Å²) in [6.07, 6.45) is 4.34. The fourth-order valence-corrected chi connectivity index (χ4v) is 4.16. The number of ether oxygens (including phenoxy) is 2. The second kappa shape index (κ2) is 8.25. The summed E-state index contributed by atoms with van der Waals surface area (Å²) in [5.41, 5.74) is 3.23. The number of H-pyrrole nitrogens is 1. The number of carbonyl (C=O) groups excluding carboxylic acids is 1. The van der Waals surface area contributed by atoms with Crippen LogP contribution in [-0.2, 0) is 0 Å². The topological polar surface area (TPSA) is 114 Å². The minimum Gasteiger partial charge on any atom is -0.454 e.